The van der Waals surface area contributed by atoms with E-state index in [1.165, 1.54) is 12.8 Å². The summed E-state index contributed by atoms with van der Waals surface area (Å²) in [6.45, 7) is 6.04. The van der Waals surface area contributed by atoms with Crippen LogP contribution in [0.2, 0.25) is 0 Å². The van der Waals surface area contributed by atoms with Gasteiger partial charge in [0.15, 0.2) is 0 Å². The minimum absolute atomic E-state index is 0.0591. The number of hydrogen-bond acceptors (Lipinski definition) is 4. The van der Waals surface area contributed by atoms with Crippen molar-refractivity contribution in [1.82, 2.24) is 9.80 Å². The molecule has 0 unspecified atom stereocenters. The van der Waals surface area contributed by atoms with Crippen LogP contribution in [-0.2, 0) is 16.0 Å². The fraction of sp³-hybridized carbons (Fsp3) is 0.700. The number of benzene rings is 1. The van der Waals surface area contributed by atoms with Crippen LogP contribution in [0.5, 0.6) is 0 Å². The average molecular weight is 350 g/mol. The maximum atomic E-state index is 13.1. The van der Waals surface area contributed by atoms with Gasteiger partial charge < -0.3 is 14.4 Å². The van der Waals surface area contributed by atoms with Crippen molar-refractivity contribution in [2.24, 2.45) is 5.92 Å². The number of nitrogens with zero attached hydrogens (tertiary/aromatic N) is 2. The van der Waals surface area contributed by atoms with Gasteiger partial charge in [0.05, 0.1) is 25.4 Å². The van der Waals surface area contributed by atoms with Crippen LogP contribution in [0.1, 0.15) is 24.8 Å². The third-order valence-electron chi connectivity index (χ3n) is 5.51. The van der Waals surface area contributed by atoms with Crippen LogP contribution < -0.4 is 0 Å². The number of rotatable bonds is 7. The molecule has 0 radical (unpaired) electrons. The molecule has 5 heteroatoms. The van der Waals surface area contributed by atoms with E-state index >= 15 is 0 Å². The molecule has 0 bridgehead atoms. The summed E-state index contributed by atoms with van der Waals surface area (Å²) in [7, 11) is 4.13. The first-order valence-electron chi connectivity index (χ1n) is 9.41. The van der Waals surface area contributed by atoms with Crippen molar-refractivity contribution in [2.45, 2.75) is 31.4 Å². The topological polar surface area (TPSA) is 24.9 Å². The van der Waals surface area contributed by atoms with Crippen LogP contribution in [-0.4, -0.2) is 69.0 Å². The number of morpholine rings is 1. The maximum absolute atomic E-state index is 13.1. The van der Waals surface area contributed by atoms with E-state index in [0.29, 0.717) is 5.92 Å². The van der Waals surface area contributed by atoms with Crippen molar-refractivity contribution in [3.05, 3.63) is 35.6 Å². The first-order valence-corrected chi connectivity index (χ1v) is 9.41. The molecule has 1 heterocycles. The van der Waals surface area contributed by atoms with Crippen LogP contribution in [0.3, 0.4) is 0 Å². The van der Waals surface area contributed by atoms with Crippen LogP contribution in [0, 0.1) is 11.7 Å². The van der Waals surface area contributed by atoms with Gasteiger partial charge in [0, 0.05) is 32.1 Å². The van der Waals surface area contributed by atoms with Crippen molar-refractivity contribution in [1.29, 1.82) is 0 Å². The zero-order valence-corrected chi connectivity index (χ0v) is 15.5. The van der Waals surface area contributed by atoms with Gasteiger partial charge in [-0.05, 0) is 44.6 Å². The van der Waals surface area contributed by atoms with Gasteiger partial charge in [-0.1, -0.05) is 18.6 Å². The zero-order valence-electron chi connectivity index (χ0n) is 15.5. The van der Waals surface area contributed by atoms with Crippen molar-refractivity contribution in [2.75, 3.05) is 53.6 Å². The number of likely N-dealkylation sites (N-methyl/N-ethyl adjacent to an activating group) is 1. The molecule has 1 aromatic rings. The number of hydrogen-bond donors (Lipinski definition) is 0. The second-order valence-corrected chi connectivity index (χ2v) is 7.72. The molecule has 4 nitrogen and oxygen atoms in total. The minimum atomic E-state index is -0.173. The number of halogens is 1. The summed E-state index contributed by atoms with van der Waals surface area (Å²) in [5, 5.41) is 0. The van der Waals surface area contributed by atoms with Gasteiger partial charge in [0.1, 0.15) is 5.82 Å². The smallest absolute Gasteiger partial charge is 0.123 e. The van der Waals surface area contributed by atoms with Crippen LogP contribution in [0.25, 0.3) is 0 Å². The largest absolute Gasteiger partial charge is 0.380 e. The van der Waals surface area contributed by atoms with Gasteiger partial charge in [-0.3, -0.25) is 4.90 Å². The molecule has 2 fully saturated rings. The minimum Gasteiger partial charge on any atom is -0.380 e. The highest BCUT2D eigenvalue weighted by Gasteiger charge is 2.46. The summed E-state index contributed by atoms with van der Waals surface area (Å²) in [5.41, 5.74) is 1.10. The number of ether oxygens (including phenoxy) is 2. The molecule has 1 aliphatic carbocycles. The molecule has 1 aromatic carbocycles. The lowest BCUT2D eigenvalue weighted by atomic mass is 9.89. The highest BCUT2D eigenvalue weighted by Crippen LogP contribution is 2.41. The van der Waals surface area contributed by atoms with E-state index < -0.39 is 0 Å². The molecule has 0 amide bonds. The summed E-state index contributed by atoms with van der Waals surface area (Å²) >= 11 is 0. The Morgan fingerprint density at radius 2 is 2.12 bits per heavy atom. The quantitative estimate of drug-likeness (QED) is 0.706. The van der Waals surface area contributed by atoms with E-state index in [0.717, 1.165) is 58.0 Å². The molecule has 0 aromatic heterocycles. The van der Waals surface area contributed by atoms with E-state index in [1.54, 1.807) is 12.1 Å². The molecular weight excluding hydrogens is 319 g/mol. The fourth-order valence-electron chi connectivity index (χ4n) is 4.09. The van der Waals surface area contributed by atoms with Gasteiger partial charge in [-0.2, -0.15) is 0 Å². The first kappa shape index (κ1) is 18.8. The SMILES string of the molecule is CN(C)CCOC[C@@H]1CCC[C@@]12CN(Cc1ccc(F)cc1)CCO2. The molecule has 25 heavy (non-hydrogen) atoms. The van der Waals surface area contributed by atoms with Crippen molar-refractivity contribution >= 4 is 0 Å². The molecule has 0 N–H and O–H groups in total. The second kappa shape index (κ2) is 8.58. The Morgan fingerprint density at radius 3 is 2.88 bits per heavy atom. The molecule has 2 atom stereocenters. The summed E-state index contributed by atoms with van der Waals surface area (Å²) in [6.07, 6.45) is 3.52. The summed E-state index contributed by atoms with van der Waals surface area (Å²) in [6, 6.07) is 6.85. The molecule has 1 saturated heterocycles. The van der Waals surface area contributed by atoms with Gasteiger partial charge in [-0.15, -0.1) is 0 Å². The lowest BCUT2D eigenvalue weighted by Crippen LogP contribution is -2.54. The van der Waals surface area contributed by atoms with E-state index in [2.05, 4.69) is 23.9 Å². The summed E-state index contributed by atoms with van der Waals surface area (Å²) < 4.78 is 25.4. The zero-order chi connectivity index (χ0) is 17.7. The monoisotopic (exact) mass is 350 g/mol. The van der Waals surface area contributed by atoms with Gasteiger partial charge >= 0.3 is 0 Å². The molecule has 140 valence electrons. The molecule has 1 aliphatic heterocycles. The van der Waals surface area contributed by atoms with E-state index in [9.17, 15) is 4.39 Å². The Labute approximate surface area is 150 Å². The second-order valence-electron chi connectivity index (χ2n) is 7.72. The standard InChI is InChI=1S/C20H31FN2O2/c1-22(2)10-12-24-15-18-4-3-9-20(18)16-23(11-13-25-20)14-17-5-7-19(21)8-6-17/h5-8,18H,3-4,9-16H2,1-2H3/t18-,20+/m0/s1. The highest BCUT2D eigenvalue weighted by molar-refractivity contribution is 5.16. The average Bonchev–Trinajstić information content (AvgIpc) is 2.95. The summed E-state index contributed by atoms with van der Waals surface area (Å²) in [4.78, 5) is 4.60. The molecule has 2 aliphatic rings. The van der Waals surface area contributed by atoms with Crippen LogP contribution >= 0.6 is 0 Å². The molecule has 1 saturated carbocycles. The Kier molecular flexibility index (Phi) is 6.44. The normalized spacial score (nSPS) is 27.4. The van der Waals surface area contributed by atoms with E-state index in [-0.39, 0.29) is 11.4 Å². The highest BCUT2D eigenvalue weighted by atomic mass is 19.1. The van der Waals surface area contributed by atoms with E-state index in [1.807, 2.05) is 12.1 Å². The van der Waals surface area contributed by atoms with Gasteiger partial charge in [-0.25, -0.2) is 4.39 Å². The van der Waals surface area contributed by atoms with Crippen molar-refractivity contribution < 1.29 is 13.9 Å². The van der Waals surface area contributed by atoms with Gasteiger partial charge in [0.2, 0.25) is 0 Å². The fourth-order valence-corrected chi connectivity index (χ4v) is 4.09. The predicted molar refractivity (Wildman–Crippen MR) is 97.1 cm³/mol. The van der Waals surface area contributed by atoms with Crippen molar-refractivity contribution in [3.63, 3.8) is 0 Å². The third-order valence-corrected chi connectivity index (χ3v) is 5.51. The molecule has 1 spiro atoms. The predicted octanol–water partition coefficient (Wildman–Crippen LogP) is 2.78. The Morgan fingerprint density at radius 1 is 1.32 bits per heavy atom. The first-order chi connectivity index (χ1) is 12.1. The Hall–Kier alpha value is -1.01. The van der Waals surface area contributed by atoms with Crippen molar-refractivity contribution in [3.8, 4) is 0 Å². The van der Waals surface area contributed by atoms with Crippen LogP contribution in [0.15, 0.2) is 24.3 Å². The molecule has 3 rings (SSSR count). The van der Waals surface area contributed by atoms with Gasteiger partial charge in [0.25, 0.3) is 0 Å². The maximum Gasteiger partial charge on any atom is 0.123 e. The Balaban J connectivity index is 1.55. The lowest BCUT2D eigenvalue weighted by molar-refractivity contribution is -0.143. The Bertz CT molecular complexity index is 537. The van der Waals surface area contributed by atoms with Crippen LogP contribution in [0.4, 0.5) is 4.39 Å². The summed E-state index contributed by atoms with van der Waals surface area (Å²) in [5.74, 6) is 0.304. The molecular formula is C20H31FN2O2. The third kappa shape index (κ3) is 5.00. The lowest BCUT2D eigenvalue weighted by Gasteiger charge is -2.44. The van der Waals surface area contributed by atoms with E-state index in [4.69, 9.17) is 9.47 Å².